The van der Waals surface area contributed by atoms with Crippen LogP contribution < -0.4 is 4.72 Å². The lowest BCUT2D eigenvalue weighted by molar-refractivity contribution is -0.138. The summed E-state index contributed by atoms with van der Waals surface area (Å²) >= 11 is 1.44. The molecule has 2 rings (SSSR count). The molecule has 26 heavy (non-hydrogen) atoms. The molecule has 7 nitrogen and oxygen atoms in total. The van der Waals surface area contributed by atoms with Crippen LogP contribution >= 0.6 is 11.3 Å². The van der Waals surface area contributed by atoms with Gasteiger partial charge in [0.1, 0.15) is 6.54 Å². The lowest BCUT2D eigenvalue weighted by Crippen LogP contribution is -2.40. The second-order valence-corrected chi connectivity index (χ2v) is 8.65. The normalized spacial score (nSPS) is 11.5. The van der Waals surface area contributed by atoms with Crippen molar-refractivity contribution in [3.63, 3.8) is 0 Å². The van der Waals surface area contributed by atoms with Gasteiger partial charge in [-0.3, -0.25) is 9.59 Å². The van der Waals surface area contributed by atoms with Crippen LogP contribution in [0.5, 0.6) is 0 Å². The van der Waals surface area contributed by atoms with E-state index in [-0.39, 0.29) is 23.0 Å². The number of carboxylic acids is 1. The zero-order valence-electron chi connectivity index (χ0n) is 14.4. The van der Waals surface area contributed by atoms with Crippen LogP contribution in [0.4, 0.5) is 0 Å². The molecule has 0 bridgehead atoms. The molecule has 1 heterocycles. The summed E-state index contributed by atoms with van der Waals surface area (Å²) in [5, 5.41) is 10.8. The molecule has 1 amide bonds. The van der Waals surface area contributed by atoms with Crippen molar-refractivity contribution < 1.29 is 23.1 Å². The molecule has 0 aliphatic rings. The van der Waals surface area contributed by atoms with Crippen LogP contribution in [0, 0.1) is 0 Å². The van der Waals surface area contributed by atoms with Crippen molar-refractivity contribution in [1.82, 2.24) is 9.62 Å². The molecule has 0 aliphatic heterocycles. The number of benzene rings is 1. The Balaban J connectivity index is 2.22. The highest BCUT2D eigenvalue weighted by Gasteiger charge is 2.23. The van der Waals surface area contributed by atoms with Crippen molar-refractivity contribution in [3.8, 4) is 0 Å². The van der Waals surface area contributed by atoms with Crippen LogP contribution in [-0.4, -0.2) is 42.9 Å². The third-order valence-electron chi connectivity index (χ3n) is 3.60. The Hall–Kier alpha value is -2.23. The van der Waals surface area contributed by atoms with Crippen LogP contribution in [0.1, 0.15) is 29.1 Å². The predicted molar refractivity (Wildman–Crippen MR) is 98.6 cm³/mol. The van der Waals surface area contributed by atoms with Crippen LogP contribution in [0.2, 0.25) is 0 Å². The number of carbonyl (C=O) groups excluding carboxylic acids is 1. The van der Waals surface area contributed by atoms with Gasteiger partial charge in [-0.15, -0.1) is 11.3 Å². The molecule has 2 aromatic rings. The van der Waals surface area contributed by atoms with Crippen molar-refractivity contribution in [2.24, 2.45) is 0 Å². The molecule has 0 unspecified atom stereocenters. The Kier molecular flexibility index (Phi) is 6.52. The van der Waals surface area contributed by atoms with E-state index >= 15 is 0 Å². The number of hydrogen-bond acceptors (Lipinski definition) is 5. The first-order chi connectivity index (χ1) is 12.2. The predicted octanol–water partition coefficient (Wildman–Crippen LogP) is 2.16. The lowest BCUT2D eigenvalue weighted by Gasteiger charge is -2.25. The standard InChI is InChI=1S/C17H20N2O5S2/c1-12(2)19(11-16(20)21)17(22)13-5-3-7-15(9-13)26(23,24)18-10-14-6-4-8-25-14/h3-9,12,18H,10-11H2,1-2H3,(H,20,21). The maximum atomic E-state index is 12.6. The van der Waals surface area contributed by atoms with E-state index in [2.05, 4.69) is 4.72 Å². The third kappa shape index (κ3) is 5.13. The molecule has 0 radical (unpaired) electrons. The summed E-state index contributed by atoms with van der Waals surface area (Å²) < 4.78 is 27.4. The first-order valence-electron chi connectivity index (χ1n) is 7.85. The average Bonchev–Trinajstić information content (AvgIpc) is 3.11. The molecule has 2 N–H and O–H groups in total. The average molecular weight is 396 g/mol. The minimum absolute atomic E-state index is 0.0427. The fraction of sp³-hybridized carbons (Fsp3) is 0.294. The highest BCUT2D eigenvalue weighted by molar-refractivity contribution is 7.89. The van der Waals surface area contributed by atoms with Gasteiger partial charge in [-0.25, -0.2) is 13.1 Å². The molecule has 1 aromatic carbocycles. The molecule has 0 saturated heterocycles. The smallest absolute Gasteiger partial charge is 0.323 e. The van der Waals surface area contributed by atoms with Crippen molar-refractivity contribution in [2.45, 2.75) is 31.3 Å². The summed E-state index contributed by atoms with van der Waals surface area (Å²) in [6, 6.07) is 8.90. The molecule has 1 aromatic heterocycles. The van der Waals surface area contributed by atoms with E-state index < -0.39 is 28.4 Å². The lowest BCUT2D eigenvalue weighted by atomic mass is 10.1. The van der Waals surface area contributed by atoms with E-state index in [4.69, 9.17) is 5.11 Å². The van der Waals surface area contributed by atoms with Gasteiger partial charge in [0.15, 0.2) is 0 Å². The largest absolute Gasteiger partial charge is 0.480 e. The van der Waals surface area contributed by atoms with E-state index in [1.165, 1.54) is 40.5 Å². The van der Waals surface area contributed by atoms with Crippen molar-refractivity contribution >= 4 is 33.2 Å². The summed E-state index contributed by atoms with van der Waals surface area (Å²) in [6.07, 6.45) is 0. The Labute approximate surface area is 156 Å². The number of aliphatic carboxylic acids is 1. The fourth-order valence-electron chi connectivity index (χ4n) is 2.26. The molecule has 0 aliphatic carbocycles. The van der Waals surface area contributed by atoms with Gasteiger partial charge in [-0.2, -0.15) is 0 Å². The molecule has 140 valence electrons. The number of carbonyl (C=O) groups is 2. The Morgan fingerprint density at radius 2 is 1.96 bits per heavy atom. The molecule has 0 saturated carbocycles. The summed E-state index contributed by atoms with van der Waals surface area (Å²) in [4.78, 5) is 25.6. The number of amides is 1. The van der Waals surface area contributed by atoms with Crippen LogP contribution in [0.15, 0.2) is 46.7 Å². The van der Waals surface area contributed by atoms with Gasteiger partial charge in [0, 0.05) is 23.0 Å². The van der Waals surface area contributed by atoms with Crippen LogP contribution in [0.3, 0.4) is 0 Å². The molecule has 0 spiro atoms. The topological polar surface area (TPSA) is 104 Å². The van der Waals surface area contributed by atoms with Gasteiger partial charge < -0.3 is 10.0 Å². The van der Waals surface area contributed by atoms with Crippen molar-refractivity contribution in [2.75, 3.05) is 6.54 Å². The summed E-state index contributed by atoms with van der Waals surface area (Å²) in [7, 11) is -3.79. The van der Waals surface area contributed by atoms with E-state index in [1.54, 1.807) is 13.8 Å². The van der Waals surface area contributed by atoms with Gasteiger partial charge in [0.2, 0.25) is 10.0 Å². The first kappa shape index (κ1) is 20.1. The zero-order valence-corrected chi connectivity index (χ0v) is 16.0. The molecule has 0 atom stereocenters. The van der Waals surface area contributed by atoms with Crippen LogP contribution in [0.25, 0.3) is 0 Å². The van der Waals surface area contributed by atoms with Gasteiger partial charge >= 0.3 is 5.97 Å². The van der Waals surface area contributed by atoms with Gasteiger partial charge in [-0.1, -0.05) is 12.1 Å². The van der Waals surface area contributed by atoms with E-state index in [1.807, 2.05) is 17.5 Å². The monoisotopic (exact) mass is 396 g/mol. The number of hydrogen-bond donors (Lipinski definition) is 2. The molecular weight excluding hydrogens is 376 g/mol. The first-order valence-corrected chi connectivity index (χ1v) is 10.2. The Bertz CT molecular complexity index is 876. The van der Waals surface area contributed by atoms with Gasteiger partial charge in [-0.05, 0) is 43.5 Å². The van der Waals surface area contributed by atoms with Crippen molar-refractivity contribution in [1.29, 1.82) is 0 Å². The highest BCUT2D eigenvalue weighted by atomic mass is 32.2. The second kappa shape index (κ2) is 8.43. The molecular formula is C17H20N2O5S2. The zero-order chi connectivity index (χ0) is 19.3. The van der Waals surface area contributed by atoms with Crippen molar-refractivity contribution in [3.05, 3.63) is 52.2 Å². The molecule has 0 fully saturated rings. The summed E-state index contributed by atoms with van der Waals surface area (Å²) in [6.45, 7) is 3.10. The number of carboxylic acid groups (broad SMARTS) is 1. The van der Waals surface area contributed by atoms with Crippen LogP contribution in [-0.2, 0) is 21.4 Å². The maximum absolute atomic E-state index is 12.6. The summed E-state index contributed by atoms with van der Waals surface area (Å²) in [5.41, 5.74) is 0.124. The summed E-state index contributed by atoms with van der Waals surface area (Å²) in [5.74, 6) is -1.66. The number of thiophene rings is 1. The van der Waals surface area contributed by atoms with Gasteiger partial charge in [0.25, 0.3) is 5.91 Å². The van der Waals surface area contributed by atoms with E-state index in [0.29, 0.717) is 0 Å². The number of nitrogens with zero attached hydrogens (tertiary/aromatic N) is 1. The highest BCUT2D eigenvalue weighted by Crippen LogP contribution is 2.16. The van der Waals surface area contributed by atoms with E-state index in [0.717, 1.165) is 4.88 Å². The maximum Gasteiger partial charge on any atom is 0.323 e. The molecule has 9 heteroatoms. The second-order valence-electron chi connectivity index (χ2n) is 5.85. The quantitative estimate of drug-likeness (QED) is 0.712. The Morgan fingerprint density at radius 3 is 2.54 bits per heavy atom. The number of nitrogens with one attached hydrogen (secondary N) is 1. The Morgan fingerprint density at radius 1 is 1.23 bits per heavy atom. The third-order valence-corrected chi connectivity index (χ3v) is 5.87. The number of rotatable bonds is 8. The van der Waals surface area contributed by atoms with Gasteiger partial charge in [0.05, 0.1) is 4.90 Å². The fourth-order valence-corrected chi connectivity index (χ4v) is 4.05. The number of sulfonamides is 1. The minimum Gasteiger partial charge on any atom is -0.480 e. The minimum atomic E-state index is -3.79. The SMILES string of the molecule is CC(C)N(CC(=O)O)C(=O)c1cccc(S(=O)(=O)NCc2cccs2)c1. The van der Waals surface area contributed by atoms with E-state index in [9.17, 15) is 18.0 Å².